The van der Waals surface area contributed by atoms with E-state index in [0.717, 1.165) is 16.5 Å². The van der Waals surface area contributed by atoms with Crippen molar-refractivity contribution < 1.29 is 18.6 Å². The fourth-order valence-electron chi connectivity index (χ4n) is 2.51. The van der Waals surface area contributed by atoms with Crippen molar-refractivity contribution in [3.8, 4) is 17.2 Å². The standard InChI is InChI=1S/C19H18O5/c1-12-6-19(20)24-18-10-14(4-5-17(12)18)23-11-13-7-15(21-2)9-16(8-13)22-3/h4-10H,11H2,1-3H3. The molecule has 3 rings (SSSR count). The molecule has 0 aliphatic heterocycles. The molecule has 1 aromatic heterocycles. The predicted octanol–water partition coefficient (Wildman–Crippen LogP) is 3.70. The van der Waals surface area contributed by atoms with Crippen LogP contribution in [0.3, 0.4) is 0 Å². The molecule has 0 saturated carbocycles. The van der Waals surface area contributed by atoms with Crippen LogP contribution in [0, 0.1) is 6.92 Å². The summed E-state index contributed by atoms with van der Waals surface area (Å²) in [6.45, 7) is 2.22. The molecule has 3 aromatic rings. The van der Waals surface area contributed by atoms with Gasteiger partial charge in [-0.25, -0.2) is 4.79 Å². The van der Waals surface area contributed by atoms with E-state index < -0.39 is 0 Å². The first kappa shape index (κ1) is 15.9. The van der Waals surface area contributed by atoms with Gasteiger partial charge in [-0.1, -0.05) is 0 Å². The smallest absolute Gasteiger partial charge is 0.336 e. The molecule has 0 bridgehead atoms. The second kappa shape index (κ2) is 6.66. The largest absolute Gasteiger partial charge is 0.497 e. The Kier molecular flexibility index (Phi) is 4.42. The van der Waals surface area contributed by atoms with Gasteiger partial charge in [0.2, 0.25) is 0 Å². The molecule has 5 heteroatoms. The zero-order valence-electron chi connectivity index (χ0n) is 13.8. The third-order valence-corrected chi connectivity index (χ3v) is 3.74. The number of fused-ring (bicyclic) bond motifs is 1. The van der Waals surface area contributed by atoms with Gasteiger partial charge in [0.05, 0.1) is 14.2 Å². The third-order valence-electron chi connectivity index (χ3n) is 3.74. The summed E-state index contributed by atoms with van der Waals surface area (Å²) in [5.41, 5.74) is 1.94. The Hall–Kier alpha value is -2.95. The van der Waals surface area contributed by atoms with E-state index in [1.165, 1.54) is 6.07 Å². The number of rotatable bonds is 5. The molecule has 0 saturated heterocycles. The van der Waals surface area contributed by atoms with Crippen molar-refractivity contribution in [3.05, 3.63) is 64.0 Å². The maximum atomic E-state index is 11.5. The predicted molar refractivity (Wildman–Crippen MR) is 91.1 cm³/mol. The number of aryl methyl sites for hydroxylation is 1. The van der Waals surface area contributed by atoms with Crippen LogP contribution in [-0.2, 0) is 6.61 Å². The number of ether oxygens (including phenoxy) is 3. The maximum Gasteiger partial charge on any atom is 0.336 e. The van der Waals surface area contributed by atoms with Crippen molar-refractivity contribution in [1.29, 1.82) is 0 Å². The number of benzene rings is 2. The molecule has 0 aliphatic carbocycles. The molecule has 0 atom stereocenters. The number of methoxy groups -OCH3 is 2. The summed E-state index contributed by atoms with van der Waals surface area (Å²) in [4.78, 5) is 11.5. The Morgan fingerprint density at radius 2 is 1.62 bits per heavy atom. The van der Waals surface area contributed by atoms with Gasteiger partial charge in [0, 0.05) is 23.6 Å². The van der Waals surface area contributed by atoms with E-state index in [9.17, 15) is 4.79 Å². The SMILES string of the molecule is COc1cc(COc2ccc3c(C)cc(=O)oc3c2)cc(OC)c1. The first-order valence-electron chi connectivity index (χ1n) is 7.48. The minimum absolute atomic E-state index is 0.342. The van der Waals surface area contributed by atoms with Crippen molar-refractivity contribution in [1.82, 2.24) is 0 Å². The average Bonchev–Trinajstić information content (AvgIpc) is 2.59. The Morgan fingerprint density at radius 3 is 2.29 bits per heavy atom. The van der Waals surface area contributed by atoms with E-state index >= 15 is 0 Å². The number of hydrogen-bond acceptors (Lipinski definition) is 5. The lowest BCUT2D eigenvalue weighted by atomic mass is 10.1. The van der Waals surface area contributed by atoms with E-state index in [1.54, 1.807) is 26.4 Å². The van der Waals surface area contributed by atoms with Crippen LogP contribution in [0.4, 0.5) is 0 Å². The van der Waals surface area contributed by atoms with E-state index in [2.05, 4.69) is 0 Å². The van der Waals surface area contributed by atoms with Crippen LogP contribution < -0.4 is 19.8 Å². The van der Waals surface area contributed by atoms with Gasteiger partial charge >= 0.3 is 5.63 Å². The van der Waals surface area contributed by atoms with Crippen molar-refractivity contribution >= 4 is 11.0 Å². The Morgan fingerprint density at radius 1 is 0.917 bits per heavy atom. The first-order valence-corrected chi connectivity index (χ1v) is 7.48. The Balaban J connectivity index is 1.84. The summed E-state index contributed by atoms with van der Waals surface area (Å²) in [5, 5.41) is 0.894. The van der Waals surface area contributed by atoms with Gasteiger partial charge in [-0.05, 0) is 42.3 Å². The third kappa shape index (κ3) is 3.35. The molecule has 0 amide bonds. The van der Waals surface area contributed by atoms with Gasteiger partial charge in [-0.15, -0.1) is 0 Å². The molecule has 24 heavy (non-hydrogen) atoms. The molecule has 2 aromatic carbocycles. The van der Waals surface area contributed by atoms with Gasteiger partial charge in [0.25, 0.3) is 0 Å². The monoisotopic (exact) mass is 326 g/mol. The summed E-state index contributed by atoms with van der Waals surface area (Å²) >= 11 is 0. The molecule has 0 spiro atoms. The molecule has 124 valence electrons. The van der Waals surface area contributed by atoms with Crippen LogP contribution in [-0.4, -0.2) is 14.2 Å². The van der Waals surface area contributed by atoms with Crippen LogP contribution in [0.5, 0.6) is 17.2 Å². The quantitative estimate of drug-likeness (QED) is 0.669. The highest BCUT2D eigenvalue weighted by Crippen LogP contribution is 2.25. The van der Waals surface area contributed by atoms with E-state index in [4.69, 9.17) is 18.6 Å². The van der Waals surface area contributed by atoms with Gasteiger partial charge in [-0.2, -0.15) is 0 Å². The summed E-state index contributed by atoms with van der Waals surface area (Å²) in [6.07, 6.45) is 0. The normalized spacial score (nSPS) is 10.6. The number of hydrogen-bond donors (Lipinski definition) is 0. The Labute approximate surface area is 139 Å². The van der Waals surface area contributed by atoms with Crippen molar-refractivity contribution in [2.45, 2.75) is 13.5 Å². The zero-order valence-corrected chi connectivity index (χ0v) is 13.8. The summed E-state index contributed by atoms with van der Waals surface area (Å²) in [5.74, 6) is 2.03. The molecular weight excluding hydrogens is 308 g/mol. The lowest BCUT2D eigenvalue weighted by molar-refractivity contribution is 0.303. The van der Waals surface area contributed by atoms with Crippen LogP contribution in [0.15, 0.2) is 51.7 Å². The van der Waals surface area contributed by atoms with Gasteiger partial charge in [-0.3, -0.25) is 0 Å². The summed E-state index contributed by atoms with van der Waals surface area (Å²) in [7, 11) is 3.21. The Bertz CT molecular complexity index is 904. The fraction of sp³-hybridized carbons (Fsp3) is 0.211. The second-order valence-electron chi connectivity index (χ2n) is 5.42. The van der Waals surface area contributed by atoms with Gasteiger partial charge < -0.3 is 18.6 Å². The van der Waals surface area contributed by atoms with E-state index in [1.807, 2.05) is 31.2 Å². The van der Waals surface area contributed by atoms with Crippen molar-refractivity contribution in [2.75, 3.05) is 14.2 Å². The lowest BCUT2D eigenvalue weighted by Crippen LogP contribution is -1.99. The highest BCUT2D eigenvalue weighted by molar-refractivity contribution is 5.81. The fourth-order valence-corrected chi connectivity index (χ4v) is 2.51. The van der Waals surface area contributed by atoms with Crippen LogP contribution in [0.2, 0.25) is 0 Å². The van der Waals surface area contributed by atoms with E-state index in [0.29, 0.717) is 29.4 Å². The molecule has 0 N–H and O–H groups in total. The van der Waals surface area contributed by atoms with E-state index in [-0.39, 0.29) is 5.63 Å². The van der Waals surface area contributed by atoms with Gasteiger partial charge in [0.1, 0.15) is 29.4 Å². The molecule has 0 radical (unpaired) electrons. The minimum Gasteiger partial charge on any atom is -0.497 e. The van der Waals surface area contributed by atoms with Crippen LogP contribution in [0.25, 0.3) is 11.0 Å². The molecule has 1 heterocycles. The van der Waals surface area contributed by atoms with Crippen molar-refractivity contribution in [2.24, 2.45) is 0 Å². The second-order valence-corrected chi connectivity index (χ2v) is 5.42. The first-order chi connectivity index (χ1) is 11.6. The van der Waals surface area contributed by atoms with Crippen LogP contribution in [0.1, 0.15) is 11.1 Å². The van der Waals surface area contributed by atoms with Crippen molar-refractivity contribution in [3.63, 3.8) is 0 Å². The maximum absolute atomic E-state index is 11.5. The van der Waals surface area contributed by atoms with Crippen LogP contribution >= 0.6 is 0 Å². The minimum atomic E-state index is -0.366. The average molecular weight is 326 g/mol. The summed E-state index contributed by atoms with van der Waals surface area (Å²) < 4.78 is 21.5. The molecule has 0 fully saturated rings. The summed E-state index contributed by atoms with van der Waals surface area (Å²) in [6, 6.07) is 12.5. The highest BCUT2D eigenvalue weighted by atomic mass is 16.5. The topological polar surface area (TPSA) is 57.9 Å². The molecular formula is C19H18O5. The lowest BCUT2D eigenvalue weighted by Gasteiger charge is -2.10. The molecule has 0 unspecified atom stereocenters. The highest BCUT2D eigenvalue weighted by Gasteiger charge is 2.06. The zero-order chi connectivity index (χ0) is 17.1. The molecule has 5 nitrogen and oxygen atoms in total. The van der Waals surface area contributed by atoms with Gasteiger partial charge in [0.15, 0.2) is 0 Å². The molecule has 0 aliphatic rings.